The SMILES string of the molecule is C=C(C)C(=O)OC1(C2CCCC2)CCCCC(C)(C/C=C(\C)C(=O)OC2(C3CC4CCC3C4)CCCCC(C)(C)C2)C1. The summed E-state index contributed by atoms with van der Waals surface area (Å²) in [5.41, 5.74) is 0.695. The van der Waals surface area contributed by atoms with E-state index in [-0.39, 0.29) is 28.4 Å². The van der Waals surface area contributed by atoms with E-state index >= 15 is 0 Å². The Bertz CT molecular complexity index is 1050. The predicted molar refractivity (Wildman–Crippen MR) is 170 cm³/mol. The van der Waals surface area contributed by atoms with Crippen molar-refractivity contribution in [3.63, 3.8) is 0 Å². The Morgan fingerprint density at radius 3 is 2.05 bits per heavy atom. The topological polar surface area (TPSA) is 52.6 Å². The van der Waals surface area contributed by atoms with E-state index in [1.807, 2.05) is 6.92 Å². The Hall–Kier alpha value is -1.58. The number of ether oxygens (including phenoxy) is 2. The largest absolute Gasteiger partial charge is 0.455 e. The second-order valence-electron chi connectivity index (χ2n) is 16.8. The van der Waals surface area contributed by atoms with Crippen LogP contribution in [-0.2, 0) is 19.1 Å². The zero-order valence-corrected chi connectivity index (χ0v) is 27.7. The smallest absolute Gasteiger partial charge is 0.333 e. The van der Waals surface area contributed by atoms with Crippen LogP contribution in [0.5, 0.6) is 0 Å². The van der Waals surface area contributed by atoms with E-state index in [1.54, 1.807) is 6.92 Å². The van der Waals surface area contributed by atoms with Gasteiger partial charge in [-0.25, -0.2) is 9.59 Å². The number of carbonyl (C=O) groups excluding carboxylic acids is 2. The average molecular weight is 581 g/mol. The van der Waals surface area contributed by atoms with Gasteiger partial charge in [0, 0.05) is 17.1 Å². The van der Waals surface area contributed by atoms with Gasteiger partial charge in [0.2, 0.25) is 0 Å². The molecule has 236 valence electrons. The molecule has 0 heterocycles. The molecule has 4 heteroatoms. The van der Waals surface area contributed by atoms with Crippen molar-refractivity contribution in [2.24, 2.45) is 34.5 Å². The van der Waals surface area contributed by atoms with Crippen LogP contribution in [0.3, 0.4) is 0 Å². The quantitative estimate of drug-likeness (QED) is 0.163. The summed E-state index contributed by atoms with van der Waals surface area (Å²) in [5, 5.41) is 0. The molecule has 0 aromatic heterocycles. The summed E-state index contributed by atoms with van der Waals surface area (Å²) in [7, 11) is 0. The minimum Gasteiger partial charge on any atom is -0.455 e. The average Bonchev–Trinajstić information content (AvgIpc) is 3.68. The highest BCUT2D eigenvalue weighted by Gasteiger charge is 2.55. The number of hydrogen-bond donors (Lipinski definition) is 0. The lowest BCUT2D eigenvalue weighted by Gasteiger charge is -2.45. The molecule has 4 nitrogen and oxygen atoms in total. The van der Waals surface area contributed by atoms with E-state index < -0.39 is 5.60 Å². The number of fused-ring (bicyclic) bond motifs is 2. The van der Waals surface area contributed by atoms with Crippen molar-refractivity contribution < 1.29 is 19.1 Å². The molecule has 6 unspecified atom stereocenters. The van der Waals surface area contributed by atoms with Crippen molar-refractivity contribution in [3.05, 3.63) is 23.8 Å². The Kier molecular flexibility index (Phi) is 9.42. The molecule has 0 N–H and O–H groups in total. The summed E-state index contributed by atoms with van der Waals surface area (Å²) in [4.78, 5) is 26.8. The third-order valence-electron chi connectivity index (χ3n) is 12.5. The molecule has 0 amide bonds. The summed E-state index contributed by atoms with van der Waals surface area (Å²) < 4.78 is 13.2. The minimum atomic E-state index is -0.419. The van der Waals surface area contributed by atoms with Crippen LogP contribution in [0.25, 0.3) is 0 Å². The van der Waals surface area contributed by atoms with E-state index in [1.165, 1.54) is 51.4 Å². The lowest BCUT2D eigenvalue weighted by molar-refractivity contribution is -0.170. The van der Waals surface area contributed by atoms with Gasteiger partial charge in [-0.05, 0) is 132 Å². The molecule has 5 fully saturated rings. The van der Waals surface area contributed by atoms with Crippen molar-refractivity contribution in [3.8, 4) is 0 Å². The summed E-state index contributed by atoms with van der Waals surface area (Å²) >= 11 is 0. The molecule has 2 bridgehead atoms. The molecule has 5 saturated carbocycles. The molecule has 0 spiro atoms. The van der Waals surface area contributed by atoms with Gasteiger partial charge < -0.3 is 9.47 Å². The van der Waals surface area contributed by atoms with Crippen LogP contribution >= 0.6 is 0 Å². The first-order valence-electron chi connectivity index (χ1n) is 17.6. The van der Waals surface area contributed by atoms with Crippen LogP contribution in [0.1, 0.15) is 157 Å². The van der Waals surface area contributed by atoms with Gasteiger partial charge in [-0.2, -0.15) is 0 Å². The van der Waals surface area contributed by atoms with E-state index in [9.17, 15) is 9.59 Å². The normalized spacial score (nSPS) is 39.0. The van der Waals surface area contributed by atoms with Gasteiger partial charge in [0.1, 0.15) is 11.2 Å². The molecule has 5 aliphatic rings. The van der Waals surface area contributed by atoms with Crippen LogP contribution in [-0.4, -0.2) is 23.1 Å². The van der Waals surface area contributed by atoms with Crippen LogP contribution in [0.2, 0.25) is 0 Å². The summed E-state index contributed by atoms with van der Waals surface area (Å²) in [6.45, 7) is 14.8. The maximum absolute atomic E-state index is 13.9. The van der Waals surface area contributed by atoms with Gasteiger partial charge in [-0.15, -0.1) is 0 Å². The first-order valence-corrected chi connectivity index (χ1v) is 17.6. The van der Waals surface area contributed by atoms with Crippen molar-refractivity contribution >= 4 is 11.9 Å². The summed E-state index contributed by atoms with van der Waals surface area (Å²) in [6, 6.07) is 0. The number of allylic oxidation sites excluding steroid dienone is 1. The summed E-state index contributed by atoms with van der Waals surface area (Å²) in [5.74, 6) is 2.19. The fourth-order valence-electron chi connectivity index (χ4n) is 10.4. The van der Waals surface area contributed by atoms with Crippen molar-refractivity contribution in [2.45, 2.75) is 168 Å². The number of hydrogen-bond acceptors (Lipinski definition) is 4. The van der Waals surface area contributed by atoms with Crippen molar-refractivity contribution in [2.75, 3.05) is 0 Å². The second-order valence-corrected chi connectivity index (χ2v) is 16.8. The fourth-order valence-corrected chi connectivity index (χ4v) is 10.4. The van der Waals surface area contributed by atoms with Gasteiger partial charge in [0.25, 0.3) is 0 Å². The third kappa shape index (κ3) is 6.88. The van der Waals surface area contributed by atoms with Crippen LogP contribution in [0, 0.1) is 34.5 Å². The molecule has 0 aliphatic heterocycles. The first kappa shape index (κ1) is 31.8. The van der Waals surface area contributed by atoms with Gasteiger partial charge in [-0.1, -0.05) is 65.5 Å². The molecule has 5 rings (SSSR count). The third-order valence-corrected chi connectivity index (χ3v) is 12.5. The molecular weight excluding hydrogens is 520 g/mol. The predicted octanol–water partition coefficient (Wildman–Crippen LogP) is 10.0. The maximum Gasteiger partial charge on any atom is 0.333 e. The highest BCUT2D eigenvalue weighted by Crippen LogP contribution is 2.58. The molecule has 6 atom stereocenters. The van der Waals surface area contributed by atoms with Gasteiger partial charge in [0.15, 0.2) is 0 Å². The standard InChI is InChI=1S/C38H60O4/c1-27(2)33(39)41-37(31-13-7-8-14-31)20-12-10-19-36(6,26-37)22-17-28(3)34(40)42-38(21-11-9-18-35(4,5)25-38)32-24-29-15-16-30(32)23-29/h17,29-32H,1,7-16,18-26H2,2-6H3/b28-17+. The van der Waals surface area contributed by atoms with Gasteiger partial charge >= 0.3 is 11.9 Å². The second kappa shape index (κ2) is 12.4. The zero-order chi connectivity index (χ0) is 30.2. The van der Waals surface area contributed by atoms with Gasteiger partial charge in [-0.3, -0.25) is 0 Å². The molecule has 0 aromatic rings. The minimum absolute atomic E-state index is 0.0252. The Morgan fingerprint density at radius 1 is 0.762 bits per heavy atom. The highest BCUT2D eigenvalue weighted by molar-refractivity contribution is 5.88. The monoisotopic (exact) mass is 580 g/mol. The molecular formula is C38H60O4. The number of rotatable bonds is 8. The number of esters is 2. The molecule has 0 saturated heterocycles. The Labute approximate surface area is 256 Å². The van der Waals surface area contributed by atoms with E-state index in [4.69, 9.17) is 9.47 Å². The van der Waals surface area contributed by atoms with Gasteiger partial charge in [0.05, 0.1) is 0 Å². The fraction of sp³-hybridized carbons (Fsp3) is 0.842. The van der Waals surface area contributed by atoms with Crippen LogP contribution in [0.15, 0.2) is 23.8 Å². The highest BCUT2D eigenvalue weighted by atomic mass is 16.6. The van der Waals surface area contributed by atoms with Crippen LogP contribution in [0.4, 0.5) is 0 Å². The Balaban J connectivity index is 1.34. The van der Waals surface area contributed by atoms with Crippen molar-refractivity contribution in [1.82, 2.24) is 0 Å². The molecule has 0 aromatic carbocycles. The zero-order valence-electron chi connectivity index (χ0n) is 27.7. The van der Waals surface area contributed by atoms with E-state index in [0.29, 0.717) is 17.4 Å². The first-order chi connectivity index (χ1) is 19.8. The van der Waals surface area contributed by atoms with E-state index in [0.717, 1.165) is 88.0 Å². The van der Waals surface area contributed by atoms with E-state index in [2.05, 4.69) is 33.4 Å². The molecule has 0 radical (unpaired) electrons. The lowest BCUT2D eigenvalue weighted by Crippen LogP contribution is -2.47. The lowest BCUT2D eigenvalue weighted by atomic mass is 9.68. The van der Waals surface area contributed by atoms with Crippen molar-refractivity contribution in [1.29, 1.82) is 0 Å². The number of carbonyl (C=O) groups is 2. The Morgan fingerprint density at radius 2 is 1.40 bits per heavy atom. The van der Waals surface area contributed by atoms with Crippen LogP contribution < -0.4 is 0 Å². The molecule has 5 aliphatic carbocycles. The molecule has 42 heavy (non-hydrogen) atoms. The maximum atomic E-state index is 13.9. The summed E-state index contributed by atoms with van der Waals surface area (Å²) in [6.07, 6.45) is 23.8.